The number of guanidine groups is 1. The van der Waals surface area contributed by atoms with E-state index in [1.54, 1.807) is 13.1 Å². The Morgan fingerprint density at radius 3 is 2.59 bits per heavy atom. The van der Waals surface area contributed by atoms with Gasteiger partial charge in [0.15, 0.2) is 11.7 Å². The van der Waals surface area contributed by atoms with E-state index in [0.29, 0.717) is 31.4 Å². The predicted molar refractivity (Wildman–Crippen MR) is 104 cm³/mol. The second-order valence-corrected chi connectivity index (χ2v) is 6.70. The van der Waals surface area contributed by atoms with Crippen LogP contribution in [-0.4, -0.2) is 68.5 Å². The highest BCUT2D eigenvalue weighted by atomic mass is 16.3. The summed E-state index contributed by atoms with van der Waals surface area (Å²) >= 11 is 0. The molecule has 1 fully saturated rings. The lowest BCUT2D eigenvalue weighted by atomic mass is 10.1. The molecule has 1 aromatic heterocycles. The Bertz CT molecular complexity index is 649. The average molecular weight is 378 g/mol. The van der Waals surface area contributed by atoms with Crippen LogP contribution < -0.4 is 21.7 Å². The van der Waals surface area contributed by atoms with E-state index >= 15 is 0 Å². The summed E-state index contributed by atoms with van der Waals surface area (Å²) in [5.74, 6) is 0.635. The summed E-state index contributed by atoms with van der Waals surface area (Å²) < 4.78 is 5.17. The second-order valence-electron chi connectivity index (χ2n) is 6.70. The first-order valence-electron chi connectivity index (χ1n) is 9.29. The Hall–Kier alpha value is -2.55. The van der Waals surface area contributed by atoms with E-state index in [1.807, 2.05) is 6.92 Å². The largest absolute Gasteiger partial charge is 0.459 e. The van der Waals surface area contributed by atoms with Crippen molar-refractivity contribution in [1.29, 1.82) is 0 Å². The van der Waals surface area contributed by atoms with Crippen LogP contribution >= 0.6 is 0 Å². The number of carbonyl (C=O) groups is 2. The van der Waals surface area contributed by atoms with Crippen LogP contribution in [0.25, 0.3) is 0 Å². The van der Waals surface area contributed by atoms with Crippen LogP contribution in [-0.2, 0) is 4.79 Å². The van der Waals surface area contributed by atoms with Crippen molar-refractivity contribution >= 4 is 17.8 Å². The molecule has 2 rings (SSSR count). The van der Waals surface area contributed by atoms with Crippen LogP contribution in [0, 0.1) is 6.92 Å². The van der Waals surface area contributed by atoms with Crippen molar-refractivity contribution in [2.75, 3.05) is 39.8 Å². The number of carbonyl (C=O) groups excluding carboxylic acids is 2. The average Bonchev–Trinajstić information content (AvgIpc) is 3.07. The molecule has 1 aliphatic heterocycles. The summed E-state index contributed by atoms with van der Waals surface area (Å²) in [7, 11) is 1.74. The number of nitrogens with zero attached hydrogens (tertiary/aromatic N) is 2. The van der Waals surface area contributed by atoms with Gasteiger partial charge < -0.3 is 26.1 Å². The third kappa shape index (κ3) is 6.93. The zero-order chi connectivity index (χ0) is 19.6. The number of primary amides is 1. The van der Waals surface area contributed by atoms with Crippen molar-refractivity contribution in [2.45, 2.75) is 32.2 Å². The lowest BCUT2D eigenvalue weighted by molar-refractivity contribution is -0.119. The van der Waals surface area contributed by atoms with E-state index in [4.69, 9.17) is 10.2 Å². The van der Waals surface area contributed by atoms with Gasteiger partial charge in [0.1, 0.15) is 0 Å². The van der Waals surface area contributed by atoms with Crippen molar-refractivity contribution < 1.29 is 14.0 Å². The molecule has 0 aromatic carbocycles. The Balaban J connectivity index is 1.60. The predicted octanol–water partition coefficient (Wildman–Crippen LogP) is -0.177. The SMILES string of the molecule is CN=C(NCCCNC(=O)c1occc1C)NC1CCN(CC(N)=O)CC1. The van der Waals surface area contributed by atoms with Crippen LogP contribution in [0.3, 0.4) is 0 Å². The fourth-order valence-electron chi connectivity index (χ4n) is 3.03. The first-order valence-corrected chi connectivity index (χ1v) is 9.29. The van der Waals surface area contributed by atoms with Gasteiger partial charge in [-0.05, 0) is 32.3 Å². The van der Waals surface area contributed by atoms with Gasteiger partial charge in [-0.3, -0.25) is 19.5 Å². The number of aliphatic imine (C=N–C) groups is 1. The zero-order valence-electron chi connectivity index (χ0n) is 16.1. The number of hydrogen-bond donors (Lipinski definition) is 4. The first-order chi connectivity index (χ1) is 13.0. The van der Waals surface area contributed by atoms with Gasteiger partial charge in [0.2, 0.25) is 5.91 Å². The summed E-state index contributed by atoms with van der Waals surface area (Å²) in [5, 5.41) is 9.50. The van der Waals surface area contributed by atoms with Crippen molar-refractivity contribution in [3.05, 3.63) is 23.7 Å². The number of aryl methyl sites for hydroxylation is 1. The number of rotatable bonds is 8. The van der Waals surface area contributed by atoms with E-state index in [-0.39, 0.29) is 11.8 Å². The molecule has 0 atom stereocenters. The number of hydrogen-bond acceptors (Lipinski definition) is 5. The fourth-order valence-corrected chi connectivity index (χ4v) is 3.03. The van der Waals surface area contributed by atoms with E-state index in [1.165, 1.54) is 6.26 Å². The molecule has 0 unspecified atom stereocenters. The monoisotopic (exact) mass is 378 g/mol. The first kappa shape index (κ1) is 20.8. The number of piperidine rings is 1. The van der Waals surface area contributed by atoms with E-state index in [9.17, 15) is 9.59 Å². The highest BCUT2D eigenvalue weighted by molar-refractivity contribution is 5.92. The van der Waals surface area contributed by atoms with Gasteiger partial charge in [-0.2, -0.15) is 0 Å². The molecule has 2 amide bonds. The molecule has 0 aliphatic carbocycles. The van der Waals surface area contributed by atoms with E-state index in [0.717, 1.165) is 43.9 Å². The third-order valence-corrected chi connectivity index (χ3v) is 4.53. The highest BCUT2D eigenvalue weighted by Gasteiger charge is 2.20. The number of nitrogens with one attached hydrogen (secondary N) is 3. The maximum atomic E-state index is 11.9. The number of amides is 2. The highest BCUT2D eigenvalue weighted by Crippen LogP contribution is 2.10. The van der Waals surface area contributed by atoms with Gasteiger partial charge in [-0.1, -0.05) is 0 Å². The molecule has 1 aliphatic rings. The molecule has 27 heavy (non-hydrogen) atoms. The number of likely N-dealkylation sites (tertiary alicyclic amines) is 1. The number of furan rings is 1. The summed E-state index contributed by atoms with van der Waals surface area (Å²) in [6.07, 6.45) is 4.15. The Labute approximate surface area is 159 Å². The van der Waals surface area contributed by atoms with Gasteiger partial charge >= 0.3 is 0 Å². The number of nitrogens with two attached hydrogens (primary N) is 1. The van der Waals surface area contributed by atoms with Gasteiger partial charge in [0.05, 0.1) is 12.8 Å². The molecular weight excluding hydrogens is 348 g/mol. The van der Waals surface area contributed by atoms with E-state index < -0.39 is 0 Å². The van der Waals surface area contributed by atoms with Crippen molar-refractivity contribution in [2.24, 2.45) is 10.7 Å². The van der Waals surface area contributed by atoms with Gasteiger partial charge in [-0.15, -0.1) is 0 Å². The van der Waals surface area contributed by atoms with Crippen molar-refractivity contribution in [3.8, 4) is 0 Å². The summed E-state index contributed by atoms with van der Waals surface area (Å²) in [6, 6.07) is 2.09. The molecule has 150 valence electrons. The maximum absolute atomic E-state index is 11.9. The molecule has 0 spiro atoms. The smallest absolute Gasteiger partial charge is 0.287 e. The minimum absolute atomic E-state index is 0.192. The summed E-state index contributed by atoms with van der Waals surface area (Å²) in [4.78, 5) is 29.2. The van der Waals surface area contributed by atoms with Crippen molar-refractivity contribution in [1.82, 2.24) is 20.9 Å². The van der Waals surface area contributed by atoms with Crippen LogP contribution in [0.5, 0.6) is 0 Å². The quantitative estimate of drug-likeness (QED) is 0.283. The van der Waals surface area contributed by atoms with Gasteiger partial charge in [0.25, 0.3) is 5.91 Å². The Kier molecular flexibility index (Phi) is 8.12. The molecule has 5 N–H and O–H groups in total. The lowest BCUT2D eigenvalue weighted by Gasteiger charge is -2.32. The maximum Gasteiger partial charge on any atom is 0.287 e. The Morgan fingerprint density at radius 1 is 1.30 bits per heavy atom. The lowest BCUT2D eigenvalue weighted by Crippen LogP contribution is -2.50. The molecule has 1 saturated heterocycles. The Morgan fingerprint density at radius 2 is 2.00 bits per heavy atom. The molecule has 1 aromatic rings. The minimum Gasteiger partial charge on any atom is -0.459 e. The topological polar surface area (TPSA) is 125 Å². The van der Waals surface area contributed by atoms with Crippen LogP contribution in [0.2, 0.25) is 0 Å². The zero-order valence-corrected chi connectivity index (χ0v) is 16.1. The van der Waals surface area contributed by atoms with Crippen LogP contribution in [0.4, 0.5) is 0 Å². The minimum atomic E-state index is -0.284. The normalized spacial score (nSPS) is 16.1. The third-order valence-electron chi connectivity index (χ3n) is 4.53. The van der Waals surface area contributed by atoms with E-state index in [2.05, 4.69) is 25.8 Å². The van der Waals surface area contributed by atoms with Crippen LogP contribution in [0.15, 0.2) is 21.7 Å². The molecular formula is C18H30N6O3. The fraction of sp³-hybridized carbons (Fsp3) is 0.611. The standard InChI is InChI=1S/C18H30N6O3/c1-13-6-11-27-16(13)17(26)21-7-3-8-22-18(20-2)23-14-4-9-24(10-5-14)12-15(19)25/h6,11,14H,3-5,7-10,12H2,1-2H3,(H2,19,25)(H,21,26)(H2,20,22,23). The molecule has 0 saturated carbocycles. The van der Waals surface area contributed by atoms with Crippen molar-refractivity contribution in [3.63, 3.8) is 0 Å². The van der Waals surface area contributed by atoms with Crippen LogP contribution in [0.1, 0.15) is 35.4 Å². The van der Waals surface area contributed by atoms with Gasteiger partial charge in [-0.25, -0.2) is 0 Å². The summed E-state index contributed by atoms with van der Waals surface area (Å²) in [6.45, 7) is 5.09. The molecule has 0 bridgehead atoms. The molecule has 9 heteroatoms. The molecule has 9 nitrogen and oxygen atoms in total. The molecule has 2 heterocycles. The second kappa shape index (κ2) is 10.6. The molecule has 0 radical (unpaired) electrons. The van der Waals surface area contributed by atoms with Gasteiger partial charge in [0, 0.05) is 44.8 Å². The summed E-state index contributed by atoms with van der Waals surface area (Å²) in [5.41, 5.74) is 6.07.